The Bertz CT molecular complexity index is 749. The zero-order valence-electron chi connectivity index (χ0n) is 12.1. The molecule has 4 nitrogen and oxygen atoms in total. The molecule has 0 saturated heterocycles. The normalized spacial score (nSPS) is 11.2. The van der Waals surface area contributed by atoms with Crippen molar-refractivity contribution in [2.75, 3.05) is 11.9 Å². The number of nitrogens with one attached hydrogen (secondary N) is 1. The van der Waals surface area contributed by atoms with Gasteiger partial charge in [-0.1, -0.05) is 11.8 Å². The second-order valence-electron chi connectivity index (χ2n) is 4.57. The van der Waals surface area contributed by atoms with Crippen LogP contribution in [0.2, 0.25) is 0 Å². The number of thiophene rings is 1. The van der Waals surface area contributed by atoms with E-state index >= 15 is 0 Å². The summed E-state index contributed by atoms with van der Waals surface area (Å²) in [5.74, 6) is 2.57. The standard InChI is InChI=1S/C14H16N4S3/c1-4-15-12-11-8(2)9(3)21-13(11)18-10(17-12)7-20-14-16-5-6-19-14/h5-6H,4,7H2,1-3H3,(H,15,17,18). The topological polar surface area (TPSA) is 50.7 Å². The third-order valence-corrected chi connectivity index (χ3v) is 6.22. The molecule has 0 aliphatic heterocycles. The van der Waals surface area contributed by atoms with Crippen LogP contribution in [0, 0.1) is 13.8 Å². The first kappa shape index (κ1) is 14.7. The average molecular weight is 337 g/mol. The van der Waals surface area contributed by atoms with Crippen LogP contribution in [0.5, 0.6) is 0 Å². The Morgan fingerprint density at radius 1 is 1.29 bits per heavy atom. The molecule has 3 aromatic heterocycles. The van der Waals surface area contributed by atoms with E-state index in [-0.39, 0.29) is 0 Å². The van der Waals surface area contributed by atoms with Crippen LogP contribution in [0.4, 0.5) is 5.82 Å². The SMILES string of the molecule is CCNc1nc(CSc2nccs2)nc2sc(C)c(C)c12. The molecular weight excluding hydrogens is 320 g/mol. The second kappa shape index (κ2) is 6.29. The maximum Gasteiger partial charge on any atom is 0.150 e. The van der Waals surface area contributed by atoms with E-state index in [1.54, 1.807) is 34.4 Å². The quantitative estimate of drug-likeness (QED) is 0.696. The van der Waals surface area contributed by atoms with Gasteiger partial charge in [0.25, 0.3) is 0 Å². The van der Waals surface area contributed by atoms with Crippen molar-refractivity contribution in [1.29, 1.82) is 0 Å². The molecule has 3 aromatic rings. The highest BCUT2D eigenvalue weighted by Crippen LogP contribution is 2.34. The van der Waals surface area contributed by atoms with Gasteiger partial charge in [0.1, 0.15) is 20.8 Å². The summed E-state index contributed by atoms with van der Waals surface area (Å²) in [4.78, 5) is 16.1. The molecule has 0 aliphatic rings. The van der Waals surface area contributed by atoms with Crippen molar-refractivity contribution in [3.8, 4) is 0 Å². The molecule has 0 unspecified atom stereocenters. The Labute approximate surface area is 136 Å². The molecule has 0 amide bonds. The van der Waals surface area contributed by atoms with Crippen LogP contribution in [0.25, 0.3) is 10.2 Å². The molecule has 0 radical (unpaired) electrons. The van der Waals surface area contributed by atoms with E-state index in [4.69, 9.17) is 9.97 Å². The Morgan fingerprint density at radius 2 is 2.14 bits per heavy atom. The lowest BCUT2D eigenvalue weighted by Gasteiger charge is -2.07. The van der Waals surface area contributed by atoms with Crippen molar-refractivity contribution in [2.45, 2.75) is 30.9 Å². The molecule has 0 saturated carbocycles. The van der Waals surface area contributed by atoms with Gasteiger partial charge in [-0.2, -0.15) is 0 Å². The van der Waals surface area contributed by atoms with Crippen LogP contribution >= 0.6 is 34.4 Å². The van der Waals surface area contributed by atoms with Gasteiger partial charge in [0, 0.05) is 23.0 Å². The number of aromatic nitrogens is 3. The van der Waals surface area contributed by atoms with Crippen LogP contribution in [0.3, 0.4) is 0 Å². The number of fused-ring (bicyclic) bond motifs is 1. The van der Waals surface area contributed by atoms with E-state index in [2.05, 4.69) is 31.1 Å². The minimum absolute atomic E-state index is 0.748. The Balaban J connectivity index is 1.95. The van der Waals surface area contributed by atoms with Crippen LogP contribution in [0.15, 0.2) is 15.9 Å². The van der Waals surface area contributed by atoms with E-state index in [1.807, 2.05) is 11.6 Å². The van der Waals surface area contributed by atoms with Crippen molar-refractivity contribution in [2.24, 2.45) is 0 Å². The lowest BCUT2D eigenvalue weighted by molar-refractivity contribution is 1.05. The third kappa shape index (κ3) is 3.04. The average Bonchev–Trinajstić information content (AvgIpc) is 3.06. The summed E-state index contributed by atoms with van der Waals surface area (Å²) in [7, 11) is 0. The number of hydrogen-bond acceptors (Lipinski definition) is 7. The zero-order valence-corrected chi connectivity index (χ0v) is 14.6. The first-order valence-electron chi connectivity index (χ1n) is 6.71. The van der Waals surface area contributed by atoms with Crippen molar-refractivity contribution >= 4 is 50.5 Å². The molecule has 0 aromatic carbocycles. The largest absolute Gasteiger partial charge is 0.370 e. The fraction of sp³-hybridized carbons (Fsp3) is 0.357. The van der Waals surface area contributed by atoms with E-state index in [0.717, 1.165) is 33.1 Å². The molecule has 110 valence electrons. The predicted octanol–water partition coefficient (Wildman–Crippen LogP) is 4.49. The van der Waals surface area contributed by atoms with Crippen molar-refractivity contribution in [3.05, 3.63) is 27.8 Å². The minimum atomic E-state index is 0.748. The Hall–Kier alpha value is -1.18. The molecule has 0 fully saturated rings. The van der Waals surface area contributed by atoms with Crippen molar-refractivity contribution < 1.29 is 0 Å². The second-order valence-corrected chi connectivity index (χ2v) is 7.89. The fourth-order valence-electron chi connectivity index (χ4n) is 2.06. The highest BCUT2D eigenvalue weighted by Gasteiger charge is 2.14. The number of aryl methyl sites for hydroxylation is 2. The molecule has 3 rings (SSSR count). The summed E-state index contributed by atoms with van der Waals surface area (Å²) < 4.78 is 1.06. The molecule has 0 bridgehead atoms. The van der Waals surface area contributed by atoms with Gasteiger partial charge in [0.2, 0.25) is 0 Å². The Kier molecular flexibility index (Phi) is 4.42. The predicted molar refractivity (Wildman–Crippen MR) is 92.7 cm³/mol. The molecule has 7 heteroatoms. The third-order valence-electron chi connectivity index (χ3n) is 3.15. The van der Waals surface area contributed by atoms with Crippen LogP contribution in [-0.2, 0) is 5.75 Å². The van der Waals surface area contributed by atoms with Crippen molar-refractivity contribution in [1.82, 2.24) is 15.0 Å². The first-order valence-corrected chi connectivity index (χ1v) is 9.40. The first-order chi connectivity index (χ1) is 10.2. The summed E-state index contributed by atoms with van der Waals surface area (Å²) in [6, 6.07) is 0. The maximum absolute atomic E-state index is 4.72. The van der Waals surface area contributed by atoms with E-state index < -0.39 is 0 Å². The Morgan fingerprint density at radius 3 is 2.86 bits per heavy atom. The van der Waals surface area contributed by atoms with Crippen LogP contribution in [0.1, 0.15) is 23.2 Å². The monoisotopic (exact) mass is 336 g/mol. The zero-order chi connectivity index (χ0) is 14.8. The van der Waals surface area contributed by atoms with Gasteiger partial charge in [0.15, 0.2) is 0 Å². The van der Waals surface area contributed by atoms with Gasteiger partial charge in [0.05, 0.1) is 11.1 Å². The smallest absolute Gasteiger partial charge is 0.150 e. The van der Waals surface area contributed by atoms with E-state index in [9.17, 15) is 0 Å². The summed E-state index contributed by atoms with van der Waals surface area (Å²) in [6.07, 6.45) is 1.83. The summed E-state index contributed by atoms with van der Waals surface area (Å²) in [5.41, 5.74) is 1.28. The number of anilines is 1. The molecule has 0 aliphatic carbocycles. The molecule has 3 heterocycles. The van der Waals surface area contributed by atoms with Gasteiger partial charge in [-0.3, -0.25) is 0 Å². The van der Waals surface area contributed by atoms with Crippen LogP contribution < -0.4 is 5.32 Å². The maximum atomic E-state index is 4.72. The number of nitrogens with zero attached hydrogens (tertiary/aromatic N) is 3. The van der Waals surface area contributed by atoms with Crippen molar-refractivity contribution in [3.63, 3.8) is 0 Å². The summed E-state index contributed by atoms with van der Waals surface area (Å²) in [6.45, 7) is 7.23. The minimum Gasteiger partial charge on any atom is -0.370 e. The molecule has 0 spiro atoms. The highest BCUT2D eigenvalue weighted by molar-refractivity contribution is 8.00. The fourth-order valence-corrected chi connectivity index (χ4v) is 4.60. The number of rotatable bonds is 5. The van der Waals surface area contributed by atoms with Gasteiger partial charge < -0.3 is 5.32 Å². The molecule has 21 heavy (non-hydrogen) atoms. The van der Waals surface area contributed by atoms with E-state index in [1.165, 1.54) is 15.8 Å². The molecular formula is C14H16N4S3. The highest BCUT2D eigenvalue weighted by atomic mass is 32.2. The molecule has 1 N–H and O–H groups in total. The number of thiazole rings is 1. The number of thioether (sulfide) groups is 1. The lowest BCUT2D eigenvalue weighted by atomic mass is 10.2. The van der Waals surface area contributed by atoms with Gasteiger partial charge >= 0.3 is 0 Å². The summed E-state index contributed by atoms with van der Waals surface area (Å²) in [5, 5.41) is 6.53. The van der Waals surface area contributed by atoms with Gasteiger partial charge in [-0.15, -0.1) is 22.7 Å². The van der Waals surface area contributed by atoms with Crippen LogP contribution in [-0.4, -0.2) is 21.5 Å². The molecule has 0 atom stereocenters. The summed E-state index contributed by atoms with van der Waals surface area (Å²) >= 11 is 5.08. The van der Waals surface area contributed by atoms with E-state index in [0.29, 0.717) is 0 Å². The lowest BCUT2D eigenvalue weighted by Crippen LogP contribution is -2.03. The van der Waals surface area contributed by atoms with Gasteiger partial charge in [-0.25, -0.2) is 15.0 Å². The van der Waals surface area contributed by atoms with Gasteiger partial charge in [-0.05, 0) is 26.3 Å². The number of hydrogen-bond donors (Lipinski definition) is 1.